The van der Waals surface area contributed by atoms with Crippen LogP contribution in [0.1, 0.15) is 31.8 Å². The van der Waals surface area contributed by atoms with Crippen LogP contribution < -0.4 is 19.6 Å². The number of aryl methyl sites for hydroxylation is 1. The van der Waals surface area contributed by atoms with Crippen molar-refractivity contribution in [2.75, 3.05) is 14.2 Å². The van der Waals surface area contributed by atoms with Crippen molar-refractivity contribution < 1.29 is 23.8 Å². The zero-order valence-corrected chi connectivity index (χ0v) is 17.4. The highest BCUT2D eigenvalue weighted by Crippen LogP contribution is 2.27. The second kappa shape index (κ2) is 10.1. The number of rotatable bonds is 7. The van der Waals surface area contributed by atoms with Gasteiger partial charge in [0.05, 0.1) is 26.0 Å². The molecule has 0 aliphatic rings. The predicted octanol–water partition coefficient (Wildman–Crippen LogP) is 4.00. The first-order valence-corrected chi connectivity index (χ1v) is 9.44. The number of hydrogen-bond donors (Lipinski definition) is 1. The minimum absolute atomic E-state index is 0.383. The Bertz CT molecular complexity index is 1090. The lowest BCUT2D eigenvalue weighted by Gasteiger charge is -2.08. The smallest absolute Gasteiger partial charge is 0.343 e. The third kappa shape index (κ3) is 5.70. The Labute approximate surface area is 180 Å². The average molecular weight is 418 g/mol. The number of esters is 1. The molecule has 0 unspecified atom stereocenters. The molecule has 1 amide bonds. The maximum Gasteiger partial charge on any atom is 0.343 e. The molecule has 0 saturated carbocycles. The summed E-state index contributed by atoms with van der Waals surface area (Å²) < 4.78 is 15.7. The number of methoxy groups -OCH3 is 2. The van der Waals surface area contributed by atoms with Gasteiger partial charge in [0.25, 0.3) is 5.91 Å². The summed E-state index contributed by atoms with van der Waals surface area (Å²) in [6, 6.07) is 18.7. The average Bonchev–Trinajstić information content (AvgIpc) is 2.80. The van der Waals surface area contributed by atoms with Crippen molar-refractivity contribution in [3.8, 4) is 17.2 Å². The van der Waals surface area contributed by atoms with Crippen LogP contribution in [0.3, 0.4) is 0 Å². The van der Waals surface area contributed by atoms with Crippen LogP contribution in [0.4, 0.5) is 0 Å². The molecule has 3 aromatic carbocycles. The van der Waals surface area contributed by atoms with E-state index in [1.807, 2.05) is 19.1 Å². The van der Waals surface area contributed by atoms with Crippen LogP contribution in [0.25, 0.3) is 0 Å². The molecule has 31 heavy (non-hydrogen) atoms. The van der Waals surface area contributed by atoms with Gasteiger partial charge < -0.3 is 14.2 Å². The van der Waals surface area contributed by atoms with Crippen LogP contribution in [0.15, 0.2) is 71.8 Å². The van der Waals surface area contributed by atoms with E-state index in [1.165, 1.54) is 20.4 Å². The highest BCUT2D eigenvalue weighted by Gasteiger charge is 2.10. The summed E-state index contributed by atoms with van der Waals surface area (Å²) in [5.74, 6) is 0.585. The van der Waals surface area contributed by atoms with Crippen molar-refractivity contribution in [3.63, 3.8) is 0 Å². The van der Waals surface area contributed by atoms with E-state index in [-0.39, 0.29) is 5.91 Å². The van der Waals surface area contributed by atoms with Crippen LogP contribution in [-0.4, -0.2) is 32.3 Å². The van der Waals surface area contributed by atoms with Crippen molar-refractivity contribution in [1.82, 2.24) is 5.43 Å². The van der Waals surface area contributed by atoms with Crippen molar-refractivity contribution >= 4 is 18.1 Å². The fourth-order valence-corrected chi connectivity index (χ4v) is 2.68. The van der Waals surface area contributed by atoms with Gasteiger partial charge in [0.2, 0.25) is 0 Å². The van der Waals surface area contributed by atoms with E-state index in [9.17, 15) is 9.59 Å². The first-order chi connectivity index (χ1) is 15.0. The highest BCUT2D eigenvalue weighted by molar-refractivity contribution is 5.95. The fraction of sp³-hybridized carbons (Fsp3) is 0.125. The summed E-state index contributed by atoms with van der Waals surface area (Å²) in [5, 5.41) is 3.96. The van der Waals surface area contributed by atoms with Gasteiger partial charge in [-0.1, -0.05) is 17.7 Å². The summed E-state index contributed by atoms with van der Waals surface area (Å²) in [6.45, 7) is 1.95. The second-order valence-corrected chi connectivity index (χ2v) is 6.59. The Morgan fingerprint density at radius 1 is 0.839 bits per heavy atom. The molecule has 0 heterocycles. The number of ether oxygens (including phenoxy) is 3. The van der Waals surface area contributed by atoms with Crippen molar-refractivity contribution in [3.05, 3.63) is 89.0 Å². The summed E-state index contributed by atoms with van der Waals surface area (Å²) in [5.41, 5.74) is 5.11. The van der Waals surface area contributed by atoms with Gasteiger partial charge in [-0.05, 0) is 67.1 Å². The molecule has 0 radical (unpaired) electrons. The van der Waals surface area contributed by atoms with Crippen molar-refractivity contribution in [2.45, 2.75) is 6.92 Å². The molecule has 0 atom stereocenters. The molecule has 0 aromatic heterocycles. The number of benzene rings is 3. The molecule has 3 rings (SSSR count). The molecule has 7 nitrogen and oxygen atoms in total. The van der Waals surface area contributed by atoms with E-state index in [4.69, 9.17) is 14.2 Å². The molecule has 1 N–H and O–H groups in total. The lowest BCUT2D eigenvalue weighted by Crippen LogP contribution is -2.17. The minimum Gasteiger partial charge on any atom is -0.493 e. The Morgan fingerprint density at radius 2 is 1.48 bits per heavy atom. The van der Waals surface area contributed by atoms with E-state index >= 15 is 0 Å². The Balaban J connectivity index is 1.57. The maximum atomic E-state index is 12.3. The van der Waals surface area contributed by atoms with Gasteiger partial charge in [0.15, 0.2) is 11.5 Å². The van der Waals surface area contributed by atoms with Crippen molar-refractivity contribution in [1.29, 1.82) is 0 Å². The molecule has 158 valence electrons. The molecule has 7 heteroatoms. The van der Waals surface area contributed by atoms with E-state index < -0.39 is 5.97 Å². The molecule has 0 spiro atoms. The van der Waals surface area contributed by atoms with Crippen LogP contribution in [-0.2, 0) is 0 Å². The fourth-order valence-electron chi connectivity index (χ4n) is 2.68. The molecule has 0 bridgehead atoms. The molecule has 0 aliphatic carbocycles. The van der Waals surface area contributed by atoms with Crippen LogP contribution in [0.5, 0.6) is 17.2 Å². The van der Waals surface area contributed by atoms with Gasteiger partial charge in [0.1, 0.15) is 5.75 Å². The summed E-state index contributed by atoms with van der Waals surface area (Å²) >= 11 is 0. The summed E-state index contributed by atoms with van der Waals surface area (Å²) in [6.07, 6.45) is 1.49. The normalized spacial score (nSPS) is 10.5. The van der Waals surface area contributed by atoms with E-state index in [0.29, 0.717) is 28.4 Å². The quantitative estimate of drug-likeness (QED) is 0.271. The van der Waals surface area contributed by atoms with E-state index in [0.717, 1.165) is 11.1 Å². The number of nitrogens with zero attached hydrogens (tertiary/aromatic N) is 1. The number of carbonyl (C=O) groups is 2. The Hall–Kier alpha value is -4.13. The number of hydrazone groups is 1. The number of amides is 1. The van der Waals surface area contributed by atoms with Gasteiger partial charge in [-0.15, -0.1) is 0 Å². The molecule has 0 fully saturated rings. The molecule has 3 aromatic rings. The monoisotopic (exact) mass is 418 g/mol. The zero-order valence-electron chi connectivity index (χ0n) is 17.4. The van der Waals surface area contributed by atoms with Gasteiger partial charge in [-0.25, -0.2) is 10.2 Å². The number of hydrogen-bond acceptors (Lipinski definition) is 6. The van der Waals surface area contributed by atoms with Gasteiger partial charge >= 0.3 is 5.97 Å². The Kier molecular flexibility index (Phi) is 7.01. The predicted molar refractivity (Wildman–Crippen MR) is 117 cm³/mol. The van der Waals surface area contributed by atoms with Gasteiger partial charge in [-0.3, -0.25) is 4.79 Å². The van der Waals surface area contributed by atoms with Crippen molar-refractivity contribution in [2.24, 2.45) is 5.10 Å². The van der Waals surface area contributed by atoms with Crippen LogP contribution >= 0.6 is 0 Å². The van der Waals surface area contributed by atoms with E-state index in [2.05, 4.69) is 10.5 Å². The van der Waals surface area contributed by atoms with Crippen LogP contribution in [0, 0.1) is 6.92 Å². The maximum absolute atomic E-state index is 12.3. The topological polar surface area (TPSA) is 86.2 Å². The number of carbonyl (C=O) groups excluding carboxylic acids is 2. The Morgan fingerprint density at radius 3 is 2.13 bits per heavy atom. The largest absolute Gasteiger partial charge is 0.493 e. The minimum atomic E-state index is -0.427. The zero-order chi connectivity index (χ0) is 22.2. The van der Waals surface area contributed by atoms with Gasteiger partial charge in [-0.2, -0.15) is 5.10 Å². The third-order valence-corrected chi connectivity index (χ3v) is 4.40. The molecular weight excluding hydrogens is 396 g/mol. The SMILES string of the molecule is COc1ccc(C(=O)N/N=C\c2ccc(OC(=O)c3ccc(C)cc3)cc2)cc1OC. The van der Waals surface area contributed by atoms with Crippen LogP contribution in [0.2, 0.25) is 0 Å². The highest BCUT2D eigenvalue weighted by atomic mass is 16.5. The third-order valence-electron chi connectivity index (χ3n) is 4.40. The van der Waals surface area contributed by atoms with Gasteiger partial charge in [0, 0.05) is 5.56 Å². The first kappa shape index (κ1) is 21.6. The molecule has 0 saturated heterocycles. The second-order valence-electron chi connectivity index (χ2n) is 6.59. The molecular formula is C24H22N2O5. The lowest BCUT2D eigenvalue weighted by atomic mass is 10.1. The lowest BCUT2D eigenvalue weighted by molar-refractivity contribution is 0.0734. The number of nitrogens with one attached hydrogen (secondary N) is 1. The standard InChI is InChI=1S/C24H22N2O5/c1-16-4-8-18(9-5-16)24(28)31-20-11-6-17(7-12-20)15-25-26-23(27)19-10-13-21(29-2)22(14-19)30-3/h4-15H,1-3H3,(H,26,27)/b25-15-. The summed E-state index contributed by atoms with van der Waals surface area (Å²) in [4.78, 5) is 24.4. The first-order valence-electron chi connectivity index (χ1n) is 9.44. The molecule has 0 aliphatic heterocycles. The van der Waals surface area contributed by atoms with E-state index in [1.54, 1.807) is 54.6 Å². The summed E-state index contributed by atoms with van der Waals surface area (Å²) in [7, 11) is 3.02.